The van der Waals surface area contributed by atoms with Gasteiger partial charge < -0.3 is 30.2 Å². The van der Waals surface area contributed by atoms with Gasteiger partial charge in [0.05, 0.1) is 17.8 Å². The third-order valence-electron chi connectivity index (χ3n) is 11.8. The Kier molecular flexibility index (Phi) is 7.13. The number of ether oxygens (including phenoxy) is 3. The summed E-state index contributed by atoms with van der Waals surface area (Å²) in [5.41, 5.74) is 6.11. The molecule has 0 spiro atoms. The second-order valence-electron chi connectivity index (χ2n) is 14.0. The molecular formula is C36H40FNO7. The van der Waals surface area contributed by atoms with Crippen molar-refractivity contribution in [3.8, 4) is 5.75 Å². The van der Waals surface area contributed by atoms with E-state index in [1.165, 1.54) is 6.07 Å². The predicted molar refractivity (Wildman–Crippen MR) is 163 cm³/mol. The van der Waals surface area contributed by atoms with Crippen LogP contribution >= 0.6 is 0 Å². The highest BCUT2D eigenvalue weighted by Gasteiger charge is 2.76. The first kappa shape index (κ1) is 30.3. The van der Waals surface area contributed by atoms with E-state index in [0.29, 0.717) is 23.4 Å². The molecule has 5 aliphatic rings. The summed E-state index contributed by atoms with van der Waals surface area (Å²) in [6.45, 7) is 5.23. The molecule has 1 aliphatic heterocycles. The molecule has 1 saturated heterocycles. The molecule has 45 heavy (non-hydrogen) atoms. The van der Waals surface area contributed by atoms with Crippen LogP contribution in [0.1, 0.15) is 62.5 Å². The maximum atomic E-state index is 15.6. The number of nitrogens with two attached hydrogens (primary N) is 1. The minimum absolute atomic E-state index is 0.0283. The molecule has 4 fully saturated rings. The number of aliphatic hydroxyl groups is 2. The topological polar surface area (TPSA) is 128 Å². The second-order valence-corrected chi connectivity index (χ2v) is 14.0. The van der Waals surface area contributed by atoms with Gasteiger partial charge >= 0.3 is 0 Å². The zero-order valence-electron chi connectivity index (χ0n) is 25.8. The molecule has 2 aromatic carbocycles. The van der Waals surface area contributed by atoms with Crippen LogP contribution in [0.15, 0.2) is 60.2 Å². The Hall–Kier alpha value is -3.37. The minimum atomic E-state index is -1.57. The highest BCUT2D eigenvalue weighted by molar-refractivity contribution is 6.01. The molecular weight excluding hydrogens is 577 g/mol. The summed E-state index contributed by atoms with van der Waals surface area (Å²) >= 11 is 0. The van der Waals surface area contributed by atoms with Crippen LogP contribution in [0, 0.1) is 41.3 Å². The van der Waals surface area contributed by atoms with Crippen molar-refractivity contribution in [1.82, 2.24) is 0 Å². The molecule has 3 saturated carbocycles. The third-order valence-corrected chi connectivity index (χ3v) is 11.8. The molecule has 1 heterocycles. The first-order valence-electron chi connectivity index (χ1n) is 15.8. The number of anilines is 1. The van der Waals surface area contributed by atoms with Crippen molar-refractivity contribution in [2.75, 3.05) is 12.3 Å². The highest BCUT2D eigenvalue weighted by Crippen LogP contribution is 2.70. The molecule has 238 valence electrons. The summed E-state index contributed by atoms with van der Waals surface area (Å²) < 4.78 is 34.8. The molecule has 0 radical (unpaired) electrons. The standard InChI is InChI=1S/C36H40FNO7/c1-19-28(43-18-20-5-4-6-22(38)13-20)10-9-26(37)31(19)33-44-30-15-25-24-8-7-21-14-23(40)11-12-34(21,2)32(24)27(41)16-35(25,3)36(30,45-33)29(42)17-39/h4-6,9-14,24-25,27,30,32-33,39,41H,7-8,15-18,38H2,1-3H3/t24-,25-,27-,30+,32+,33-,34-,35-,36+/m0/s1. The smallest absolute Gasteiger partial charge is 0.193 e. The van der Waals surface area contributed by atoms with Crippen molar-refractivity contribution in [2.45, 2.75) is 77.2 Å². The number of hydrogen-bond donors (Lipinski definition) is 3. The monoisotopic (exact) mass is 617 g/mol. The van der Waals surface area contributed by atoms with Crippen LogP contribution in [0.4, 0.5) is 10.1 Å². The van der Waals surface area contributed by atoms with Crippen LogP contribution in [0.5, 0.6) is 5.75 Å². The number of halogens is 1. The zero-order chi connectivity index (χ0) is 31.9. The fourth-order valence-corrected chi connectivity index (χ4v) is 9.78. The van der Waals surface area contributed by atoms with E-state index < -0.39 is 53.1 Å². The molecule has 0 bridgehead atoms. The van der Waals surface area contributed by atoms with E-state index in [-0.39, 0.29) is 42.1 Å². The molecule has 9 atom stereocenters. The largest absolute Gasteiger partial charge is 0.489 e. The van der Waals surface area contributed by atoms with Gasteiger partial charge in [-0.15, -0.1) is 0 Å². The summed E-state index contributed by atoms with van der Waals surface area (Å²) in [5.74, 6) is -0.847. The Morgan fingerprint density at radius 3 is 2.78 bits per heavy atom. The van der Waals surface area contributed by atoms with Crippen molar-refractivity contribution in [3.05, 3.63) is 82.7 Å². The molecule has 9 heteroatoms. The van der Waals surface area contributed by atoms with Gasteiger partial charge in [0.25, 0.3) is 0 Å². The molecule has 0 unspecified atom stereocenters. The Morgan fingerprint density at radius 2 is 2.02 bits per heavy atom. The Bertz CT molecular complexity index is 1640. The summed E-state index contributed by atoms with van der Waals surface area (Å²) in [7, 11) is 0. The van der Waals surface area contributed by atoms with E-state index >= 15 is 4.39 Å². The van der Waals surface area contributed by atoms with Crippen molar-refractivity contribution in [1.29, 1.82) is 0 Å². The maximum Gasteiger partial charge on any atom is 0.193 e. The number of ketones is 2. The van der Waals surface area contributed by atoms with Crippen LogP contribution in [0.3, 0.4) is 0 Å². The number of rotatable bonds is 6. The van der Waals surface area contributed by atoms with Gasteiger partial charge in [-0.25, -0.2) is 4.39 Å². The van der Waals surface area contributed by atoms with E-state index in [0.717, 1.165) is 24.0 Å². The summed E-state index contributed by atoms with van der Waals surface area (Å²) in [4.78, 5) is 26.0. The van der Waals surface area contributed by atoms with Gasteiger partial charge in [0, 0.05) is 28.0 Å². The number of carbonyl (C=O) groups is 2. The number of fused-ring (bicyclic) bond motifs is 7. The molecule has 4 N–H and O–H groups in total. The first-order chi connectivity index (χ1) is 21.4. The number of aliphatic hydroxyl groups excluding tert-OH is 2. The van der Waals surface area contributed by atoms with Gasteiger partial charge in [-0.05, 0) is 86.4 Å². The SMILES string of the molecule is Cc1c(OCc2cccc(N)c2)ccc(F)c1[C@H]1O[C@@H]2C[C@H]3[C@@H]4CCC5=CC(=O)C=C[C@]5(C)[C@H]4[C@@H](O)C[C@]3(C)[C@]2(C(=O)CO)O1. The number of nitrogen functional groups attached to an aromatic ring is 1. The van der Waals surface area contributed by atoms with Crippen LogP contribution < -0.4 is 10.5 Å². The number of benzene rings is 2. The quantitative estimate of drug-likeness (QED) is 0.391. The molecule has 0 aromatic heterocycles. The Morgan fingerprint density at radius 1 is 1.22 bits per heavy atom. The molecule has 8 nitrogen and oxygen atoms in total. The van der Waals surface area contributed by atoms with Gasteiger partial charge in [-0.1, -0.05) is 37.6 Å². The first-order valence-corrected chi connectivity index (χ1v) is 15.8. The van der Waals surface area contributed by atoms with Crippen LogP contribution in [-0.2, 0) is 25.7 Å². The van der Waals surface area contributed by atoms with Gasteiger partial charge in [0.2, 0.25) is 0 Å². The number of carbonyl (C=O) groups excluding carboxylic acids is 2. The lowest BCUT2D eigenvalue weighted by Gasteiger charge is -2.59. The average molecular weight is 618 g/mol. The van der Waals surface area contributed by atoms with Crippen LogP contribution in [-0.4, -0.2) is 46.2 Å². The van der Waals surface area contributed by atoms with Gasteiger partial charge in [0.15, 0.2) is 23.5 Å². The fourth-order valence-electron chi connectivity index (χ4n) is 9.78. The van der Waals surface area contributed by atoms with E-state index in [9.17, 15) is 19.8 Å². The molecule has 7 rings (SSSR count). The van der Waals surface area contributed by atoms with Crippen molar-refractivity contribution < 1.29 is 38.4 Å². The highest BCUT2D eigenvalue weighted by atomic mass is 19.1. The van der Waals surface area contributed by atoms with E-state index in [1.54, 1.807) is 31.2 Å². The number of Topliss-reactive ketones (excluding diaryl/α,β-unsaturated/α-hetero) is 1. The van der Waals surface area contributed by atoms with Crippen LogP contribution in [0.2, 0.25) is 0 Å². The normalized spacial score (nSPS) is 38.2. The molecule has 2 aromatic rings. The molecule has 0 amide bonds. The summed E-state index contributed by atoms with van der Waals surface area (Å²) in [6, 6.07) is 10.2. The van der Waals surface area contributed by atoms with E-state index in [1.807, 2.05) is 31.2 Å². The van der Waals surface area contributed by atoms with Gasteiger partial charge in [0.1, 0.15) is 24.8 Å². The van der Waals surface area contributed by atoms with E-state index in [4.69, 9.17) is 19.9 Å². The lowest BCUT2D eigenvalue weighted by Crippen LogP contribution is -2.63. The van der Waals surface area contributed by atoms with Crippen molar-refractivity contribution in [3.63, 3.8) is 0 Å². The zero-order valence-corrected chi connectivity index (χ0v) is 25.8. The second kappa shape index (κ2) is 10.6. The summed E-state index contributed by atoms with van der Waals surface area (Å²) in [5, 5.41) is 22.1. The van der Waals surface area contributed by atoms with Crippen LogP contribution in [0.25, 0.3) is 0 Å². The Balaban J connectivity index is 1.21. The van der Waals surface area contributed by atoms with Gasteiger partial charge in [-0.2, -0.15) is 0 Å². The van der Waals surface area contributed by atoms with Crippen molar-refractivity contribution in [2.24, 2.45) is 28.6 Å². The minimum Gasteiger partial charge on any atom is -0.489 e. The average Bonchev–Trinajstić information content (AvgIpc) is 3.49. The van der Waals surface area contributed by atoms with Crippen molar-refractivity contribution >= 4 is 17.3 Å². The van der Waals surface area contributed by atoms with E-state index in [2.05, 4.69) is 6.92 Å². The predicted octanol–water partition coefficient (Wildman–Crippen LogP) is 4.90. The number of hydrogen-bond acceptors (Lipinski definition) is 8. The maximum absolute atomic E-state index is 15.6. The fraction of sp³-hybridized carbons (Fsp3) is 0.500. The summed E-state index contributed by atoms with van der Waals surface area (Å²) in [6.07, 6.45) is 4.67. The lowest BCUT2D eigenvalue weighted by atomic mass is 9.46. The Labute approximate surface area is 262 Å². The molecule has 4 aliphatic carbocycles. The lowest BCUT2D eigenvalue weighted by molar-refractivity contribution is -0.201. The number of allylic oxidation sites excluding steroid dienone is 4. The third kappa shape index (κ3) is 4.31. The van der Waals surface area contributed by atoms with Gasteiger partial charge in [-0.3, -0.25) is 9.59 Å².